The average molecular weight is 434 g/mol. The van der Waals surface area contributed by atoms with Gasteiger partial charge < -0.3 is 0 Å². The molecule has 0 bridgehead atoms. The first kappa shape index (κ1) is 20.9. The Morgan fingerprint density at radius 2 is 1.70 bits per heavy atom. The first-order chi connectivity index (χ1) is 14.6. The number of rotatable bonds is 6. The normalized spacial score (nSPS) is 14.3. The molecule has 4 heteroatoms. The van der Waals surface area contributed by atoms with E-state index in [0.29, 0.717) is 17.1 Å². The lowest BCUT2D eigenvalue weighted by Gasteiger charge is -2.16. The van der Waals surface area contributed by atoms with Crippen molar-refractivity contribution >= 4 is 34.7 Å². The molecule has 0 N–H and O–H groups in total. The molecule has 30 heavy (non-hydrogen) atoms. The van der Waals surface area contributed by atoms with Crippen molar-refractivity contribution in [1.29, 1.82) is 0 Å². The zero-order chi connectivity index (χ0) is 20.9. The standard InChI is InChI=1S/C26H24ClNOS/c1-28(17-25(29)19-12-14-21(27)15-13-19)16-6-10-23-22-8-3-2-7-20(22)18-30-26-11-5-4-9-24(23)26/h2-5,7-15H,6,16-18H2,1H3/b23-10-. The Bertz CT molecular complexity index is 1020. The van der Waals surface area contributed by atoms with Gasteiger partial charge in [0.15, 0.2) is 5.78 Å². The molecule has 0 radical (unpaired) electrons. The summed E-state index contributed by atoms with van der Waals surface area (Å²) in [6, 6.07) is 24.4. The van der Waals surface area contributed by atoms with Gasteiger partial charge in [-0.15, -0.1) is 11.8 Å². The number of hydrogen-bond donors (Lipinski definition) is 0. The molecule has 4 rings (SSSR count). The lowest BCUT2D eigenvalue weighted by molar-refractivity contribution is 0.0947. The molecule has 0 unspecified atom stereocenters. The molecule has 1 heterocycles. The van der Waals surface area contributed by atoms with Crippen LogP contribution in [0.15, 0.2) is 83.8 Å². The maximum Gasteiger partial charge on any atom is 0.176 e. The zero-order valence-corrected chi connectivity index (χ0v) is 18.5. The van der Waals surface area contributed by atoms with E-state index < -0.39 is 0 Å². The molecule has 152 valence electrons. The minimum Gasteiger partial charge on any atom is -0.299 e. The first-order valence-electron chi connectivity index (χ1n) is 10.1. The quantitative estimate of drug-likeness (QED) is 0.409. The molecule has 0 saturated heterocycles. The van der Waals surface area contributed by atoms with Gasteiger partial charge in [0.25, 0.3) is 0 Å². The maximum atomic E-state index is 12.5. The number of halogens is 1. The molecule has 0 aromatic heterocycles. The van der Waals surface area contributed by atoms with Crippen molar-refractivity contribution in [3.8, 4) is 0 Å². The number of ketones is 1. The summed E-state index contributed by atoms with van der Waals surface area (Å²) in [5, 5.41) is 0.647. The minimum absolute atomic E-state index is 0.114. The predicted octanol–water partition coefficient (Wildman–Crippen LogP) is 6.58. The Labute approximate surface area is 187 Å². The Morgan fingerprint density at radius 1 is 1.00 bits per heavy atom. The Morgan fingerprint density at radius 3 is 2.50 bits per heavy atom. The SMILES string of the molecule is CN(CC/C=C1/c2ccccc2CSc2ccccc21)CC(=O)c1ccc(Cl)cc1. The predicted molar refractivity (Wildman–Crippen MR) is 127 cm³/mol. The lowest BCUT2D eigenvalue weighted by atomic mass is 9.93. The van der Waals surface area contributed by atoms with Crippen LogP contribution in [0.4, 0.5) is 0 Å². The molecular weight excluding hydrogens is 410 g/mol. The van der Waals surface area contributed by atoms with E-state index in [4.69, 9.17) is 11.6 Å². The summed E-state index contributed by atoms with van der Waals surface area (Å²) in [5.74, 6) is 1.10. The molecule has 0 saturated carbocycles. The van der Waals surface area contributed by atoms with E-state index in [1.807, 2.05) is 18.8 Å². The van der Waals surface area contributed by atoms with Crippen LogP contribution in [-0.4, -0.2) is 30.8 Å². The third-order valence-electron chi connectivity index (χ3n) is 5.31. The molecule has 0 amide bonds. The topological polar surface area (TPSA) is 20.3 Å². The van der Waals surface area contributed by atoms with Crippen molar-refractivity contribution in [2.24, 2.45) is 0 Å². The summed E-state index contributed by atoms with van der Waals surface area (Å²) in [4.78, 5) is 15.9. The fraction of sp³-hybridized carbons (Fsp3) is 0.192. The van der Waals surface area contributed by atoms with Gasteiger partial charge in [-0.1, -0.05) is 60.1 Å². The van der Waals surface area contributed by atoms with Crippen LogP contribution in [-0.2, 0) is 5.75 Å². The summed E-state index contributed by atoms with van der Waals surface area (Å²) < 4.78 is 0. The molecule has 1 aliphatic heterocycles. The van der Waals surface area contributed by atoms with Gasteiger partial charge in [-0.05, 0) is 66.1 Å². The summed E-state index contributed by atoms with van der Waals surface area (Å²) >= 11 is 7.82. The highest BCUT2D eigenvalue weighted by Crippen LogP contribution is 2.40. The number of nitrogens with zero attached hydrogens (tertiary/aromatic N) is 1. The highest BCUT2D eigenvalue weighted by molar-refractivity contribution is 7.98. The van der Waals surface area contributed by atoms with Crippen molar-refractivity contribution < 1.29 is 4.79 Å². The number of likely N-dealkylation sites (N-methyl/N-ethyl adjacent to an activating group) is 1. The largest absolute Gasteiger partial charge is 0.299 e. The van der Waals surface area contributed by atoms with E-state index >= 15 is 0 Å². The van der Waals surface area contributed by atoms with Crippen LogP contribution in [0, 0.1) is 0 Å². The average Bonchev–Trinajstić information content (AvgIpc) is 2.91. The van der Waals surface area contributed by atoms with E-state index in [0.717, 1.165) is 18.7 Å². The van der Waals surface area contributed by atoms with Gasteiger partial charge in [-0.2, -0.15) is 0 Å². The molecule has 3 aromatic rings. The number of fused-ring (bicyclic) bond motifs is 2. The van der Waals surface area contributed by atoms with Gasteiger partial charge in [0.05, 0.1) is 6.54 Å². The van der Waals surface area contributed by atoms with E-state index in [-0.39, 0.29) is 5.78 Å². The molecule has 0 aliphatic carbocycles. The van der Waals surface area contributed by atoms with Gasteiger partial charge in [0.2, 0.25) is 0 Å². The minimum atomic E-state index is 0.114. The summed E-state index contributed by atoms with van der Waals surface area (Å²) in [7, 11) is 2.00. The summed E-state index contributed by atoms with van der Waals surface area (Å²) in [5.41, 5.74) is 5.98. The summed E-state index contributed by atoms with van der Waals surface area (Å²) in [6.07, 6.45) is 3.21. The van der Waals surface area contributed by atoms with Gasteiger partial charge in [-0.25, -0.2) is 0 Å². The number of thioether (sulfide) groups is 1. The van der Waals surface area contributed by atoms with E-state index in [1.54, 1.807) is 24.3 Å². The van der Waals surface area contributed by atoms with E-state index in [2.05, 4.69) is 59.5 Å². The molecule has 3 aromatic carbocycles. The Hall–Kier alpha value is -2.33. The zero-order valence-electron chi connectivity index (χ0n) is 17.0. The first-order valence-corrected chi connectivity index (χ1v) is 11.5. The number of hydrogen-bond acceptors (Lipinski definition) is 3. The van der Waals surface area contributed by atoms with Crippen molar-refractivity contribution in [2.75, 3.05) is 20.1 Å². The van der Waals surface area contributed by atoms with Crippen molar-refractivity contribution in [1.82, 2.24) is 4.90 Å². The second-order valence-electron chi connectivity index (χ2n) is 7.52. The van der Waals surface area contributed by atoms with Gasteiger partial charge >= 0.3 is 0 Å². The lowest BCUT2D eigenvalue weighted by Crippen LogP contribution is -2.26. The van der Waals surface area contributed by atoms with Crippen LogP contribution in [0.3, 0.4) is 0 Å². The van der Waals surface area contributed by atoms with Crippen LogP contribution in [0.2, 0.25) is 5.02 Å². The van der Waals surface area contributed by atoms with Crippen LogP contribution in [0.5, 0.6) is 0 Å². The third kappa shape index (κ3) is 4.86. The Kier molecular flexibility index (Phi) is 6.73. The summed E-state index contributed by atoms with van der Waals surface area (Å²) in [6.45, 7) is 1.22. The molecule has 0 fully saturated rings. The number of carbonyl (C=O) groups excluding carboxylic acids is 1. The van der Waals surface area contributed by atoms with Crippen LogP contribution in [0.1, 0.15) is 33.5 Å². The fourth-order valence-corrected chi connectivity index (χ4v) is 4.92. The van der Waals surface area contributed by atoms with Crippen molar-refractivity contribution in [2.45, 2.75) is 17.1 Å². The van der Waals surface area contributed by atoms with E-state index in [1.165, 1.54) is 27.2 Å². The number of carbonyl (C=O) groups is 1. The van der Waals surface area contributed by atoms with Crippen molar-refractivity contribution in [3.63, 3.8) is 0 Å². The third-order valence-corrected chi connectivity index (χ3v) is 6.68. The fourth-order valence-electron chi connectivity index (χ4n) is 3.72. The second-order valence-corrected chi connectivity index (χ2v) is 8.97. The molecular formula is C26H24ClNOS. The Balaban J connectivity index is 1.48. The van der Waals surface area contributed by atoms with Crippen molar-refractivity contribution in [3.05, 3.63) is 106 Å². The smallest absolute Gasteiger partial charge is 0.176 e. The van der Waals surface area contributed by atoms with Gasteiger partial charge in [-0.3, -0.25) is 9.69 Å². The van der Waals surface area contributed by atoms with Crippen LogP contribution in [0.25, 0.3) is 5.57 Å². The monoisotopic (exact) mass is 433 g/mol. The van der Waals surface area contributed by atoms with Gasteiger partial charge in [0.1, 0.15) is 0 Å². The maximum absolute atomic E-state index is 12.5. The second kappa shape index (κ2) is 9.65. The van der Waals surface area contributed by atoms with E-state index in [9.17, 15) is 4.79 Å². The highest BCUT2D eigenvalue weighted by atomic mass is 35.5. The van der Waals surface area contributed by atoms with Gasteiger partial charge in [0, 0.05) is 27.8 Å². The van der Waals surface area contributed by atoms with Crippen LogP contribution >= 0.6 is 23.4 Å². The molecule has 1 aliphatic rings. The molecule has 0 atom stereocenters. The molecule has 0 spiro atoms. The highest BCUT2D eigenvalue weighted by Gasteiger charge is 2.17. The number of Topliss-reactive ketones (excluding diaryl/α,β-unsaturated/α-hetero) is 1. The number of benzene rings is 3. The molecule has 2 nitrogen and oxygen atoms in total. The van der Waals surface area contributed by atoms with Crippen LogP contribution < -0.4 is 0 Å².